The highest BCUT2D eigenvalue weighted by molar-refractivity contribution is 6.36. The fourth-order valence-electron chi connectivity index (χ4n) is 1.13. The summed E-state index contributed by atoms with van der Waals surface area (Å²) in [5.74, 6) is -0.946. The molecule has 1 aromatic carbocycles. The zero-order chi connectivity index (χ0) is 11.4. The molecule has 0 heterocycles. The summed E-state index contributed by atoms with van der Waals surface area (Å²) in [6, 6.07) is 4.68. The molecule has 1 rings (SSSR count). The number of rotatable bonds is 3. The van der Waals surface area contributed by atoms with Gasteiger partial charge in [0.25, 0.3) is 5.91 Å². The average Bonchev–Trinajstić information content (AvgIpc) is 2.17. The molecule has 1 unspecified atom stereocenters. The summed E-state index contributed by atoms with van der Waals surface area (Å²) in [4.78, 5) is 20.6. The van der Waals surface area contributed by atoms with Crippen molar-refractivity contribution in [1.29, 1.82) is 0 Å². The van der Waals surface area contributed by atoms with Crippen molar-refractivity contribution >= 4 is 29.1 Å². The van der Waals surface area contributed by atoms with Crippen LogP contribution >= 0.6 is 23.2 Å². The van der Waals surface area contributed by atoms with E-state index in [4.69, 9.17) is 23.2 Å². The summed E-state index contributed by atoms with van der Waals surface area (Å²) < 4.78 is 0. The SMILES string of the molecule is O=NC(=O)CC(O)c1c(Cl)cccc1Cl. The van der Waals surface area contributed by atoms with Gasteiger partial charge in [0, 0.05) is 20.8 Å². The standard InChI is InChI=1S/C9H7Cl2NO3/c10-5-2-1-3-6(11)9(5)7(13)4-8(14)12-15/h1-3,7,13H,4H2. The Balaban J connectivity index is 2.95. The highest BCUT2D eigenvalue weighted by Gasteiger charge is 2.18. The molecule has 0 aliphatic heterocycles. The third kappa shape index (κ3) is 2.99. The van der Waals surface area contributed by atoms with Gasteiger partial charge in [0.15, 0.2) is 0 Å². The Kier molecular flexibility index (Phi) is 4.20. The Morgan fingerprint density at radius 3 is 2.40 bits per heavy atom. The Morgan fingerprint density at radius 2 is 1.93 bits per heavy atom. The quantitative estimate of drug-likeness (QED) is 0.836. The summed E-state index contributed by atoms with van der Waals surface area (Å²) in [5.41, 5.74) is 0.234. The van der Waals surface area contributed by atoms with E-state index in [0.29, 0.717) is 0 Å². The first-order chi connectivity index (χ1) is 7.06. The number of aliphatic hydroxyl groups is 1. The van der Waals surface area contributed by atoms with E-state index in [1.165, 1.54) is 12.1 Å². The number of benzene rings is 1. The lowest BCUT2D eigenvalue weighted by atomic mass is 10.1. The fourth-order valence-corrected chi connectivity index (χ4v) is 1.78. The Bertz CT molecular complexity index is 375. The first-order valence-electron chi connectivity index (χ1n) is 4.04. The molecule has 0 saturated heterocycles. The van der Waals surface area contributed by atoms with Gasteiger partial charge in [-0.05, 0) is 12.1 Å². The second kappa shape index (κ2) is 5.21. The first kappa shape index (κ1) is 12.1. The van der Waals surface area contributed by atoms with Gasteiger partial charge in [0.05, 0.1) is 12.5 Å². The van der Waals surface area contributed by atoms with E-state index in [9.17, 15) is 14.8 Å². The molecule has 0 spiro atoms. The third-order valence-corrected chi connectivity index (χ3v) is 2.46. The van der Waals surface area contributed by atoms with Crippen LogP contribution in [-0.4, -0.2) is 11.0 Å². The largest absolute Gasteiger partial charge is 0.388 e. The van der Waals surface area contributed by atoms with Crippen molar-refractivity contribution in [1.82, 2.24) is 0 Å². The summed E-state index contributed by atoms with van der Waals surface area (Å²) in [6.07, 6.45) is -1.64. The zero-order valence-electron chi connectivity index (χ0n) is 7.48. The lowest BCUT2D eigenvalue weighted by molar-refractivity contribution is -0.119. The van der Waals surface area contributed by atoms with Crippen molar-refractivity contribution in [2.45, 2.75) is 12.5 Å². The number of hydrogen-bond donors (Lipinski definition) is 1. The van der Waals surface area contributed by atoms with Crippen LogP contribution < -0.4 is 0 Å². The van der Waals surface area contributed by atoms with Crippen molar-refractivity contribution in [3.8, 4) is 0 Å². The molecule has 1 amide bonds. The lowest BCUT2D eigenvalue weighted by Gasteiger charge is -2.11. The Labute approximate surface area is 95.8 Å². The molecule has 6 heteroatoms. The maximum absolute atomic E-state index is 10.7. The molecule has 1 aromatic rings. The lowest BCUT2D eigenvalue weighted by Crippen LogP contribution is -2.05. The van der Waals surface area contributed by atoms with Gasteiger partial charge in [-0.3, -0.25) is 4.79 Å². The molecule has 0 saturated carbocycles. The number of carbonyl (C=O) groups is 1. The van der Waals surface area contributed by atoms with Crippen LogP contribution in [0, 0.1) is 4.91 Å². The molecule has 0 bridgehead atoms. The molecule has 4 nitrogen and oxygen atoms in total. The van der Waals surface area contributed by atoms with Gasteiger partial charge in [-0.2, -0.15) is 0 Å². The van der Waals surface area contributed by atoms with E-state index in [2.05, 4.69) is 5.18 Å². The highest BCUT2D eigenvalue weighted by atomic mass is 35.5. The maximum atomic E-state index is 10.7. The van der Waals surface area contributed by atoms with Gasteiger partial charge in [0.1, 0.15) is 0 Å². The summed E-state index contributed by atoms with van der Waals surface area (Å²) in [5, 5.41) is 12.3. The zero-order valence-corrected chi connectivity index (χ0v) is 9.00. The third-order valence-electron chi connectivity index (χ3n) is 1.80. The van der Waals surface area contributed by atoms with Crippen molar-refractivity contribution in [3.05, 3.63) is 38.7 Å². The van der Waals surface area contributed by atoms with E-state index in [1.807, 2.05) is 0 Å². The number of aliphatic hydroxyl groups excluding tert-OH is 1. The van der Waals surface area contributed by atoms with Gasteiger partial charge in [-0.25, -0.2) is 0 Å². The number of amides is 1. The van der Waals surface area contributed by atoms with Crippen LogP contribution in [0.3, 0.4) is 0 Å². The smallest absolute Gasteiger partial charge is 0.289 e. The van der Waals surface area contributed by atoms with Gasteiger partial charge in [0.2, 0.25) is 0 Å². The minimum absolute atomic E-state index is 0.234. The second-order valence-electron chi connectivity index (χ2n) is 2.84. The average molecular weight is 248 g/mol. The van der Waals surface area contributed by atoms with E-state index in [-0.39, 0.29) is 15.6 Å². The van der Waals surface area contributed by atoms with Crippen LogP contribution in [0.2, 0.25) is 10.0 Å². The minimum Gasteiger partial charge on any atom is -0.388 e. The number of hydrogen-bond acceptors (Lipinski definition) is 3. The topological polar surface area (TPSA) is 66.7 Å². The number of halogens is 2. The molecule has 0 radical (unpaired) electrons. The van der Waals surface area contributed by atoms with Crippen LogP contribution in [0.5, 0.6) is 0 Å². The van der Waals surface area contributed by atoms with Crippen LogP contribution in [0.15, 0.2) is 23.4 Å². The normalized spacial score (nSPS) is 12.2. The Hall–Kier alpha value is -0.970. The number of nitrogens with zero attached hydrogens (tertiary/aromatic N) is 1. The number of carbonyl (C=O) groups excluding carboxylic acids is 1. The monoisotopic (exact) mass is 247 g/mol. The molecule has 0 fully saturated rings. The highest BCUT2D eigenvalue weighted by Crippen LogP contribution is 2.31. The van der Waals surface area contributed by atoms with Gasteiger partial charge < -0.3 is 5.11 Å². The van der Waals surface area contributed by atoms with E-state index in [0.717, 1.165) is 0 Å². The van der Waals surface area contributed by atoms with Gasteiger partial charge in [-0.1, -0.05) is 29.3 Å². The van der Waals surface area contributed by atoms with Crippen molar-refractivity contribution < 1.29 is 9.90 Å². The molecule has 1 N–H and O–H groups in total. The first-order valence-corrected chi connectivity index (χ1v) is 4.80. The molecule has 15 heavy (non-hydrogen) atoms. The molecular formula is C9H7Cl2NO3. The molecule has 80 valence electrons. The molecule has 0 aliphatic rings. The van der Waals surface area contributed by atoms with Crippen LogP contribution in [0.25, 0.3) is 0 Å². The summed E-state index contributed by atoms with van der Waals surface area (Å²) in [6.45, 7) is 0. The van der Waals surface area contributed by atoms with Gasteiger partial charge >= 0.3 is 0 Å². The fraction of sp³-hybridized carbons (Fsp3) is 0.222. The van der Waals surface area contributed by atoms with Crippen molar-refractivity contribution in [2.24, 2.45) is 5.18 Å². The molecule has 0 aromatic heterocycles. The molecule has 1 atom stereocenters. The van der Waals surface area contributed by atoms with Crippen LogP contribution in [-0.2, 0) is 4.79 Å². The molecular weight excluding hydrogens is 241 g/mol. The van der Waals surface area contributed by atoms with E-state index in [1.54, 1.807) is 6.07 Å². The van der Waals surface area contributed by atoms with Crippen LogP contribution in [0.4, 0.5) is 0 Å². The van der Waals surface area contributed by atoms with Gasteiger partial charge in [-0.15, -0.1) is 4.91 Å². The summed E-state index contributed by atoms with van der Waals surface area (Å²) in [7, 11) is 0. The Morgan fingerprint density at radius 1 is 1.40 bits per heavy atom. The van der Waals surface area contributed by atoms with Crippen LogP contribution in [0.1, 0.15) is 18.1 Å². The van der Waals surface area contributed by atoms with Crippen molar-refractivity contribution in [3.63, 3.8) is 0 Å². The second-order valence-corrected chi connectivity index (χ2v) is 3.65. The number of nitroso groups, excluding NO2 is 1. The maximum Gasteiger partial charge on any atom is 0.289 e. The predicted molar refractivity (Wildman–Crippen MR) is 56.8 cm³/mol. The molecule has 0 aliphatic carbocycles. The minimum atomic E-state index is -1.21. The predicted octanol–water partition coefficient (Wildman–Crippen LogP) is 2.71. The van der Waals surface area contributed by atoms with E-state index >= 15 is 0 Å². The summed E-state index contributed by atoms with van der Waals surface area (Å²) >= 11 is 11.6. The van der Waals surface area contributed by atoms with Crippen molar-refractivity contribution in [2.75, 3.05) is 0 Å². The van der Waals surface area contributed by atoms with E-state index < -0.39 is 18.4 Å².